The van der Waals surface area contributed by atoms with Gasteiger partial charge < -0.3 is 20.1 Å². The summed E-state index contributed by atoms with van der Waals surface area (Å²) in [6, 6.07) is 0. The van der Waals surface area contributed by atoms with Crippen LogP contribution in [0.4, 0.5) is 0 Å². The van der Waals surface area contributed by atoms with Gasteiger partial charge in [-0.15, -0.1) is 23.5 Å². The van der Waals surface area contributed by atoms with E-state index in [-0.39, 0.29) is 5.56 Å². The minimum Gasteiger partial charge on any atom is -0.394 e. The van der Waals surface area contributed by atoms with Gasteiger partial charge in [-0.2, -0.15) is 9.78 Å². The summed E-state index contributed by atoms with van der Waals surface area (Å²) < 4.78 is 6.32. The van der Waals surface area contributed by atoms with Crippen LogP contribution in [0.15, 0.2) is 20.8 Å². The fraction of sp³-hybridized carbons (Fsp3) is 0.636. The predicted octanol–water partition coefficient (Wildman–Crippen LogP) is -0.701. The quantitative estimate of drug-likeness (QED) is 0.626. The minimum atomic E-state index is -1.31. The Morgan fingerprint density at radius 1 is 1.35 bits per heavy atom. The minimum absolute atomic E-state index is 0.390. The lowest BCUT2D eigenvalue weighted by Crippen LogP contribution is -2.36. The Morgan fingerprint density at radius 2 is 2.05 bits per heavy atom. The number of thioether (sulfide) groups is 2. The van der Waals surface area contributed by atoms with Gasteiger partial charge in [0, 0.05) is 4.90 Å². The van der Waals surface area contributed by atoms with Crippen molar-refractivity contribution in [2.24, 2.45) is 0 Å². The van der Waals surface area contributed by atoms with Crippen molar-refractivity contribution in [1.82, 2.24) is 9.78 Å². The molecule has 20 heavy (non-hydrogen) atoms. The van der Waals surface area contributed by atoms with Gasteiger partial charge in [-0.25, -0.2) is 0 Å². The lowest BCUT2D eigenvalue weighted by atomic mass is 10.1. The molecule has 0 radical (unpaired) electrons. The van der Waals surface area contributed by atoms with E-state index in [4.69, 9.17) is 9.84 Å². The summed E-state index contributed by atoms with van der Waals surface area (Å²) in [5.41, 5.74) is -0.390. The molecule has 9 heteroatoms. The molecule has 0 bridgehead atoms. The van der Waals surface area contributed by atoms with E-state index in [1.165, 1.54) is 29.7 Å². The molecule has 4 atom stereocenters. The summed E-state index contributed by atoms with van der Waals surface area (Å²) in [4.78, 5) is 13.6. The molecule has 0 spiro atoms. The Labute approximate surface area is 124 Å². The molecule has 0 amide bonds. The van der Waals surface area contributed by atoms with E-state index in [2.05, 4.69) is 5.10 Å². The van der Waals surface area contributed by atoms with Crippen LogP contribution < -0.4 is 5.56 Å². The molecular formula is C11H16N2O5S2. The standard InChI is InChI=1S/C11H16N2O5S2/c1-19-6-3-12-13(10(17)9(6)20-2)11-8(16)7(15)5(4-14)18-11/h3,5,7-8,11,14-16H,4H2,1-2H3/t5-,7-,8-,11?/m1/s1. The molecule has 3 N–H and O–H groups in total. The molecule has 2 heterocycles. The zero-order valence-electron chi connectivity index (χ0n) is 11.0. The average Bonchev–Trinajstić information content (AvgIpc) is 2.74. The number of aromatic nitrogens is 2. The third-order valence-corrected chi connectivity index (χ3v) is 4.79. The maximum Gasteiger partial charge on any atom is 0.284 e. The van der Waals surface area contributed by atoms with Crippen LogP contribution in [0.3, 0.4) is 0 Å². The maximum atomic E-state index is 12.3. The molecule has 1 unspecified atom stereocenters. The Hall–Kier alpha value is -0.580. The van der Waals surface area contributed by atoms with Crippen molar-refractivity contribution in [3.05, 3.63) is 16.6 Å². The van der Waals surface area contributed by atoms with Gasteiger partial charge in [-0.05, 0) is 12.5 Å². The summed E-state index contributed by atoms with van der Waals surface area (Å²) in [5.74, 6) is 0. The highest BCUT2D eigenvalue weighted by Crippen LogP contribution is 2.29. The smallest absolute Gasteiger partial charge is 0.284 e. The van der Waals surface area contributed by atoms with Crippen LogP contribution in [-0.4, -0.2) is 62.5 Å². The highest BCUT2D eigenvalue weighted by Gasteiger charge is 2.44. The number of rotatable bonds is 4. The number of ether oxygens (including phenoxy) is 1. The zero-order chi connectivity index (χ0) is 14.9. The topological polar surface area (TPSA) is 105 Å². The van der Waals surface area contributed by atoms with Crippen LogP contribution in [0.2, 0.25) is 0 Å². The molecule has 112 valence electrons. The Morgan fingerprint density at radius 3 is 2.55 bits per heavy atom. The first-order chi connectivity index (χ1) is 9.54. The number of hydrogen-bond acceptors (Lipinski definition) is 8. The van der Waals surface area contributed by atoms with Crippen molar-refractivity contribution < 1.29 is 20.1 Å². The first kappa shape index (κ1) is 15.8. The van der Waals surface area contributed by atoms with Crippen molar-refractivity contribution in [3.63, 3.8) is 0 Å². The van der Waals surface area contributed by atoms with E-state index in [1.807, 2.05) is 6.26 Å². The van der Waals surface area contributed by atoms with Crippen LogP contribution in [0, 0.1) is 0 Å². The Kier molecular flexibility index (Phi) is 5.10. The largest absolute Gasteiger partial charge is 0.394 e. The predicted molar refractivity (Wildman–Crippen MR) is 75.1 cm³/mol. The van der Waals surface area contributed by atoms with Gasteiger partial charge in [0.2, 0.25) is 0 Å². The normalized spacial score (nSPS) is 29.9. The van der Waals surface area contributed by atoms with E-state index >= 15 is 0 Å². The average molecular weight is 320 g/mol. The molecule has 0 aliphatic carbocycles. The first-order valence-corrected chi connectivity index (χ1v) is 8.32. The van der Waals surface area contributed by atoms with E-state index in [0.717, 1.165) is 9.58 Å². The van der Waals surface area contributed by atoms with E-state index < -0.39 is 31.1 Å². The summed E-state index contributed by atoms with van der Waals surface area (Å²) in [6.45, 7) is -0.443. The molecule has 1 fully saturated rings. The molecule has 1 aromatic heterocycles. The van der Waals surface area contributed by atoms with Crippen LogP contribution in [-0.2, 0) is 4.74 Å². The SMILES string of the molecule is CSc1cnn(C2O[C@H](CO)[C@@H](O)[C@H]2O)c(=O)c1SC. The first-order valence-electron chi connectivity index (χ1n) is 5.87. The summed E-state index contributed by atoms with van der Waals surface area (Å²) >= 11 is 2.69. The van der Waals surface area contributed by atoms with Crippen LogP contribution in [0.25, 0.3) is 0 Å². The monoisotopic (exact) mass is 320 g/mol. The molecule has 1 saturated heterocycles. The highest BCUT2D eigenvalue weighted by atomic mass is 32.2. The molecule has 1 aromatic rings. The second kappa shape index (κ2) is 6.46. The molecule has 2 rings (SSSR count). The molecule has 1 aliphatic rings. The fourth-order valence-corrected chi connectivity index (χ4v) is 3.48. The molecular weight excluding hydrogens is 304 g/mol. The third-order valence-electron chi connectivity index (χ3n) is 3.11. The van der Waals surface area contributed by atoms with E-state index in [1.54, 1.807) is 6.26 Å². The molecule has 7 nitrogen and oxygen atoms in total. The number of nitrogens with zero attached hydrogens (tertiary/aromatic N) is 2. The van der Waals surface area contributed by atoms with Gasteiger partial charge in [0.25, 0.3) is 5.56 Å². The van der Waals surface area contributed by atoms with E-state index in [9.17, 15) is 15.0 Å². The molecule has 1 aliphatic heterocycles. The van der Waals surface area contributed by atoms with Gasteiger partial charge in [0.05, 0.1) is 17.7 Å². The van der Waals surface area contributed by atoms with Crippen LogP contribution >= 0.6 is 23.5 Å². The highest BCUT2D eigenvalue weighted by molar-refractivity contribution is 8.01. The summed E-state index contributed by atoms with van der Waals surface area (Å²) in [6.07, 6.45) is 0.541. The number of aliphatic hydroxyl groups excluding tert-OH is 3. The van der Waals surface area contributed by atoms with Crippen molar-refractivity contribution in [3.8, 4) is 0 Å². The van der Waals surface area contributed by atoms with Crippen molar-refractivity contribution in [2.45, 2.75) is 34.3 Å². The second-order valence-electron chi connectivity index (χ2n) is 4.22. The Balaban J connectivity index is 2.42. The lowest BCUT2D eigenvalue weighted by molar-refractivity contribution is -0.0616. The maximum absolute atomic E-state index is 12.3. The van der Waals surface area contributed by atoms with Crippen molar-refractivity contribution >= 4 is 23.5 Å². The van der Waals surface area contributed by atoms with Gasteiger partial charge >= 0.3 is 0 Å². The van der Waals surface area contributed by atoms with Gasteiger partial charge in [-0.1, -0.05) is 0 Å². The van der Waals surface area contributed by atoms with Gasteiger partial charge in [0.15, 0.2) is 6.23 Å². The zero-order valence-corrected chi connectivity index (χ0v) is 12.6. The van der Waals surface area contributed by atoms with Crippen molar-refractivity contribution in [2.75, 3.05) is 19.1 Å². The number of aliphatic hydroxyl groups is 3. The third kappa shape index (κ3) is 2.61. The lowest BCUT2D eigenvalue weighted by Gasteiger charge is -2.17. The second-order valence-corrected chi connectivity index (χ2v) is 5.89. The summed E-state index contributed by atoms with van der Waals surface area (Å²) in [5, 5.41) is 32.7. The Bertz CT molecular complexity index is 538. The molecule has 0 saturated carbocycles. The van der Waals surface area contributed by atoms with Gasteiger partial charge in [-0.3, -0.25) is 4.79 Å². The fourth-order valence-electron chi connectivity index (χ4n) is 2.03. The summed E-state index contributed by atoms with van der Waals surface area (Å²) in [7, 11) is 0. The molecule has 0 aromatic carbocycles. The number of hydrogen-bond donors (Lipinski definition) is 3. The van der Waals surface area contributed by atoms with Crippen molar-refractivity contribution in [1.29, 1.82) is 0 Å². The van der Waals surface area contributed by atoms with E-state index in [0.29, 0.717) is 4.90 Å². The van der Waals surface area contributed by atoms with Crippen LogP contribution in [0.1, 0.15) is 6.23 Å². The van der Waals surface area contributed by atoms with Gasteiger partial charge in [0.1, 0.15) is 18.3 Å². The van der Waals surface area contributed by atoms with Crippen LogP contribution in [0.5, 0.6) is 0 Å².